The first-order valence-corrected chi connectivity index (χ1v) is 7.06. The third kappa shape index (κ3) is 2.73. The van der Waals surface area contributed by atoms with Gasteiger partial charge in [-0.05, 0) is 31.2 Å². The Bertz CT molecular complexity index is 676. The Balaban J connectivity index is 1.93. The van der Waals surface area contributed by atoms with Crippen LogP contribution in [-0.2, 0) is 6.54 Å². The molecule has 0 saturated carbocycles. The summed E-state index contributed by atoms with van der Waals surface area (Å²) < 4.78 is 5.82. The van der Waals surface area contributed by atoms with E-state index in [1.165, 1.54) is 0 Å². The van der Waals surface area contributed by atoms with Gasteiger partial charge in [-0.1, -0.05) is 6.07 Å². The zero-order valence-corrected chi connectivity index (χ0v) is 12.2. The second-order valence-electron chi connectivity index (χ2n) is 5.26. The van der Waals surface area contributed by atoms with Gasteiger partial charge in [0, 0.05) is 23.9 Å². The van der Waals surface area contributed by atoms with Crippen molar-refractivity contribution < 1.29 is 14.7 Å². The summed E-state index contributed by atoms with van der Waals surface area (Å²) >= 11 is 0. The molecule has 1 aromatic heterocycles. The smallest absolute Gasteiger partial charge is 0.274 e. The number of fused-ring (bicyclic) bond motifs is 1. The molecule has 1 aliphatic rings. The third-order valence-electron chi connectivity index (χ3n) is 3.76. The molecule has 0 bridgehead atoms. The molecular weight excluding hydrogens is 282 g/mol. The quantitative estimate of drug-likeness (QED) is 0.655. The van der Waals surface area contributed by atoms with E-state index in [4.69, 9.17) is 9.94 Å². The highest BCUT2D eigenvalue weighted by atomic mass is 16.5. The SMILES string of the molecule is C[C@H]1COc2cc(C(=O)NO)ccc2CN1c1cccnc1. The molecule has 0 aliphatic carbocycles. The van der Waals surface area contributed by atoms with Crippen LogP contribution < -0.4 is 15.1 Å². The average molecular weight is 299 g/mol. The standard InChI is InChI=1S/C16H17N3O3/c1-11-10-22-15-7-12(16(20)18-21)4-5-13(15)9-19(11)14-3-2-6-17-8-14/h2-8,11,21H,9-10H2,1H3,(H,18,20)/t11-/m0/s1. The molecule has 0 radical (unpaired) electrons. The van der Waals surface area contributed by atoms with E-state index in [0.717, 1.165) is 11.3 Å². The molecule has 2 heterocycles. The van der Waals surface area contributed by atoms with Crippen molar-refractivity contribution in [3.8, 4) is 5.75 Å². The molecule has 0 saturated heterocycles. The zero-order valence-electron chi connectivity index (χ0n) is 12.2. The van der Waals surface area contributed by atoms with Crippen LogP contribution in [0.1, 0.15) is 22.8 Å². The van der Waals surface area contributed by atoms with Crippen LogP contribution in [0.15, 0.2) is 42.7 Å². The first-order chi connectivity index (χ1) is 10.7. The van der Waals surface area contributed by atoms with Crippen LogP contribution in [0.3, 0.4) is 0 Å². The van der Waals surface area contributed by atoms with Crippen LogP contribution in [-0.4, -0.2) is 28.7 Å². The molecule has 3 rings (SSSR count). The van der Waals surface area contributed by atoms with Crippen molar-refractivity contribution in [2.45, 2.75) is 19.5 Å². The van der Waals surface area contributed by atoms with E-state index in [-0.39, 0.29) is 6.04 Å². The highest BCUT2D eigenvalue weighted by Crippen LogP contribution is 2.29. The van der Waals surface area contributed by atoms with Gasteiger partial charge in [0.25, 0.3) is 5.91 Å². The normalized spacial score (nSPS) is 17.2. The fourth-order valence-electron chi connectivity index (χ4n) is 2.53. The average Bonchev–Trinajstić information content (AvgIpc) is 2.74. The maximum absolute atomic E-state index is 11.5. The Kier molecular flexibility index (Phi) is 3.93. The van der Waals surface area contributed by atoms with Gasteiger partial charge < -0.3 is 9.64 Å². The van der Waals surface area contributed by atoms with E-state index in [2.05, 4.69) is 16.8 Å². The van der Waals surface area contributed by atoms with Gasteiger partial charge in [-0.3, -0.25) is 15.0 Å². The van der Waals surface area contributed by atoms with E-state index >= 15 is 0 Å². The summed E-state index contributed by atoms with van der Waals surface area (Å²) in [5.74, 6) is 0.118. The number of carbonyl (C=O) groups is 1. The largest absolute Gasteiger partial charge is 0.491 e. The van der Waals surface area contributed by atoms with E-state index in [9.17, 15) is 4.79 Å². The predicted molar refractivity (Wildman–Crippen MR) is 81.1 cm³/mol. The van der Waals surface area contributed by atoms with Gasteiger partial charge in [0.05, 0.1) is 17.9 Å². The van der Waals surface area contributed by atoms with E-state index in [1.54, 1.807) is 23.8 Å². The van der Waals surface area contributed by atoms with Gasteiger partial charge >= 0.3 is 0 Å². The highest BCUT2D eigenvalue weighted by Gasteiger charge is 2.22. The van der Waals surface area contributed by atoms with Crippen molar-refractivity contribution in [2.24, 2.45) is 0 Å². The van der Waals surface area contributed by atoms with Crippen molar-refractivity contribution in [3.63, 3.8) is 0 Å². The summed E-state index contributed by atoms with van der Waals surface area (Å²) in [6.07, 6.45) is 3.57. The number of nitrogens with zero attached hydrogens (tertiary/aromatic N) is 2. The second-order valence-corrected chi connectivity index (χ2v) is 5.26. The lowest BCUT2D eigenvalue weighted by Crippen LogP contribution is -2.34. The molecule has 114 valence electrons. The number of nitrogens with one attached hydrogen (secondary N) is 1. The Labute approximate surface area is 128 Å². The summed E-state index contributed by atoms with van der Waals surface area (Å²) in [5.41, 5.74) is 4.02. The fourth-order valence-corrected chi connectivity index (χ4v) is 2.53. The fraction of sp³-hybridized carbons (Fsp3) is 0.250. The van der Waals surface area contributed by atoms with Crippen LogP contribution in [0, 0.1) is 0 Å². The Morgan fingerprint density at radius 2 is 2.32 bits per heavy atom. The van der Waals surface area contributed by atoms with E-state index in [1.807, 2.05) is 24.4 Å². The van der Waals surface area contributed by atoms with Crippen molar-refractivity contribution in [1.82, 2.24) is 10.5 Å². The lowest BCUT2D eigenvalue weighted by Gasteiger charge is -2.28. The summed E-state index contributed by atoms with van der Waals surface area (Å²) in [4.78, 5) is 17.9. The molecule has 1 aromatic carbocycles. The summed E-state index contributed by atoms with van der Waals surface area (Å²) in [7, 11) is 0. The number of pyridine rings is 1. The van der Waals surface area contributed by atoms with Gasteiger partial charge in [-0.2, -0.15) is 0 Å². The minimum Gasteiger partial charge on any atom is -0.491 e. The summed E-state index contributed by atoms with van der Waals surface area (Å²) in [5, 5.41) is 8.73. The number of anilines is 1. The molecule has 0 unspecified atom stereocenters. The minimum atomic E-state index is -0.548. The number of hydroxylamine groups is 1. The third-order valence-corrected chi connectivity index (χ3v) is 3.76. The molecule has 1 amide bonds. The minimum absolute atomic E-state index is 0.173. The molecule has 1 atom stereocenters. The molecule has 22 heavy (non-hydrogen) atoms. The number of benzene rings is 1. The second kappa shape index (κ2) is 6.03. The van der Waals surface area contributed by atoms with Gasteiger partial charge in [-0.15, -0.1) is 0 Å². The van der Waals surface area contributed by atoms with Crippen LogP contribution in [0.5, 0.6) is 5.75 Å². The number of amides is 1. The van der Waals surface area contributed by atoms with Gasteiger partial charge in [0.2, 0.25) is 0 Å². The molecule has 0 fully saturated rings. The van der Waals surface area contributed by atoms with Crippen molar-refractivity contribution in [2.75, 3.05) is 11.5 Å². The number of carbonyl (C=O) groups excluding carboxylic acids is 1. The molecule has 6 nitrogen and oxygen atoms in total. The first-order valence-electron chi connectivity index (χ1n) is 7.06. The lowest BCUT2D eigenvalue weighted by atomic mass is 10.1. The van der Waals surface area contributed by atoms with Crippen molar-refractivity contribution in [3.05, 3.63) is 53.9 Å². The number of rotatable bonds is 2. The van der Waals surface area contributed by atoms with Crippen molar-refractivity contribution >= 4 is 11.6 Å². The molecule has 1 aliphatic heterocycles. The van der Waals surface area contributed by atoms with Crippen LogP contribution in [0.25, 0.3) is 0 Å². The predicted octanol–water partition coefficient (Wildman–Crippen LogP) is 1.99. The van der Waals surface area contributed by atoms with Gasteiger partial charge in [0.1, 0.15) is 12.4 Å². The maximum Gasteiger partial charge on any atom is 0.274 e. The van der Waals surface area contributed by atoms with Crippen LogP contribution in [0.4, 0.5) is 5.69 Å². The van der Waals surface area contributed by atoms with Crippen LogP contribution >= 0.6 is 0 Å². The van der Waals surface area contributed by atoms with E-state index in [0.29, 0.717) is 24.5 Å². The van der Waals surface area contributed by atoms with Crippen LogP contribution in [0.2, 0.25) is 0 Å². The van der Waals surface area contributed by atoms with E-state index < -0.39 is 5.91 Å². The molecule has 2 aromatic rings. The Morgan fingerprint density at radius 3 is 3.05 bits per heavy atom. The van der Waals surface area contributed by atoms with Crippen molar-refractivity contribution in [1.29, 1.82) is 0 Å². The Morgan fingerprint density at radius 1 is 1.45 bits per heavy atom. The maximum atomic E-state index is 11.5. The summed E-state index contributed by atoms with van der Waals surface area (Å²) in [6.45, 7) is 3.26. The van der Waals surface area contributed by atoms with Gasteiger partial charge in [-0.25, -0.2) is 5.48 Å². The molecule has 0 spiro atoms. The highest BCUT2D eigenvalue weighted by molar-refractivity contribution is 5.93. The zero-order chi connectivity index (χ0) is 15.5. The van der Waals surface area contributed by atoms with Gasteiger partial charge in [0.15, 0.2) is 0 Å². The lowest BCUT2D eigenvalue weighted by molar-refractivity contribution is 0.0706. The number of ether oxygens (including phenoxy) is 1. The Hall–Kier alpha value is -2.60. The first kappa shape index (κ1) is 14.3. The summed E-state index contributed by atoms with van der Waals surface area (Å²) in [6, 6.07) is 9.27. The number of aromatic nitrogens is 1. The number of hydrogen-bond donors (Lipinski definition) is 2. The number of hydrogen-bond acceptors (Lipinski definition) is 5. The topological polar surface area (TPSA) is 74.7 Å². The molecular formula is C16H17N3O3. The monoisotopic (exact) mass is 299 g/mol. The molecule has 2 N–H and O–H groups in total. The molecule has 6 heteroatoms.